The molecule has 1 N–H and O–H groups in total. The van der Waals surface area contributed by atoms with Crippen molar-refractivity contribution in [2.24, 2.45) is 0 Å². The predicted molar refractivity (Wildman–Crippen MR) is 88.6 cm³/mol. The molecule has 0 saturated heterocycles. The molecule has 0 bridgehead atoms. The van der Waals surface area contributed by atoms with Crippen molar-refractivity contribution < 1.29 is 19.4 Å². The van der Waals surface area contributed by atoms with E-state index in [1.54, 1.807) is 42.7 Å². The van der Waals surface area contributed by atoms with Gasteiger partial charge < -0.3 is 9.84 Å². The Kier molecular flexibility index (Phi) is 4.04. The van der Waals surface area contributed by atoms with Gasteiger partial charge in [-0.05, 0) is 55.3 Å². The van der Waals surface area contributed by atoms with Crippen LogP contribution in [0.5, 0.6) is 5.75 Å². The summed E-state index contributed by atoms with van der Waals surface area (Å²) in [5.74, 6) is -1.04. The van der Waals surface area contributed by atoms with Crippen molar-refractivity contribution >= 4 is 23.6 Å². The average Bonchev–Trinajstić information content (AvgIpc) is 2.56. The smallest absolute Gasteiger partial charge is 0.326 e. The summed E-state index contributed by atoms with van der Waals surface area (Å²) in [6, 6.07) is 7.79. The molecule has 2 heterocycles. The summed E-state index contributed by atoms with van der Waals surface area (Å²) in [6.45, 7) is 3.35. The van der Waals surface area contributed by atoms with E-state index < -0.39 is 17.9 Å². The zero-order valence-electron chi connectivity index (χ0n) is 13.3. The SMILES string of the molecule is Cc1ccc2c(c1)N(C(C)C(=O)O)C(=O)/C(=C\c1ccncc1)O2. The van der Waals surface area contributed by atoms with Gasteiger partial charge in [0, 0.05) is 12.4 Å². The van der Waals surface area contributed by atoms with Gasteiger partial charge in [-0.25, -0.2) is 4.79 Å². The number of nitrogens with zero attached hydrogens (tertiary/aromatic N) is 2. The van der Waals surface area contributed by atoms with Crippen LogP contribution in [0, 0.1) is 6.92 Å². The number of carbonyl (C=O) groups excluding carboxylic acids is 1. The number of aryl methyl sites for hydroxylation is 1. The van der Waals surface area contributed by atoms with E-state index in [-0.39, 0.29) is 5.76 Å². The molecule has 122 valence electrons. The van der Waals surface area contributed by atoms with E-state index in [4.69, 9.17) is 4.74 Å². The molecule has 24 heavy (non-hydrogen) atoms. The molecule has 0 fully saturated rings. The zero-order valence-corrected chi connectivity index (χ0v) is 13.3. The summed E-state index contributed by atoms with van der Waals surface area (Å²) in [5.41, 5.74) is 2.11. The minimum Gasteiger partial charge on any atom is -0.480 e. The van der Waals surface area contributed by atoms with Gasteiger partial charge in [0.15, 0.2) is 11.5 Å². The van der Waals surface area contributed by atoms with E-state index in [0.29, 0.717) is 11.4 Å². The number of anilines is 1. The number of ether oxygens (including phenoxy) is 1. The van der Waals surface area contributed by atoms with Gasteiger partial charge in [-0.3, -0.25) is 14.7 Å². The third kappa shape index (κ3) is 2.86. The van der Waals surface area contributed by atoms with Crippen LogP contribution in [-0.4, -0.2) is 28.0 Å². The zero-order chi connectivity index (χ0) is 17.3. The van der Waals surface area contributed by atoms with Crippen molar-refractivity contribution in [3.05, 3.63) is 59.6 Å². The van der Waals surface area contributed by atoms with Gasteiger partial charge in [0.05, 0.1) is 5.69 Å². The molecule has 6 nitrogen and oxygen atoms in total. The Morgan fingerprint density at radius 2 is 2.00 bits per heavy atom. The Morgan fingerprint density at radius 1 is 1.29 bits per heavy atom. The van der Waals surface area contributed by atoms with E-state index in [1.165, 1.54) is 11.8 Å². The molecule has 6 heteroatoms. The van der Waals surface area contributed by atoms with Gasteiger partial charge in [-0.2, -0.15) is 0 Å². The molecule has 0 spiro atoms. The summed E-state index contributed by atoms with van der Waals surface area (Å²) in [6.07, 6.45) is 4.79. The first-order valence-electron chi connectivity index (χ1n) is 7.44. The first-order valence-corrected chi connectivity index (χ1v) is 7.44. The lowest BCUT2D eigenvalue weighted by Crippen LogP contribution is -2.47. The Labute approximate surface area is 139 Å². The van der Waals surface area contributed by atoms with Crippen LogP contribution in [0.3, 0.4) is 0 Å². The van der Waals surface area contributed by atoms with Crippen molar-refractivity contribution in [1.82, 2.24) is 4.98 Å². The third-order valence-electron chi connectivity index (χ3n) is 3.77. The molecule has 3 rings (SSSR count). The number of rotatable bonds is 3. The fourth-order valence-corrected chi connectivity index (χ4v) is 2.49. The first kappa shape index (κ1) is 15.7. The third-order valence-corrected chi connectivity index (χ3v) is 3.77. The van der Waals surface area contributed by atoms with Gasteiger partial charge in [-0.1, -0.05) is 6.07 Å². The standard InChI is InChI=1S/C18H16N2O4/c1-11-3-4-15-14(9-11)20(12(2)18(22)23)17(21)16(24-15)10-13-5-7-19-8-6-13/h3-10,12H,1-2H3,(H,22,23)/b16-10+. The van der Waals surface area contributed by atoms with E-state index in [1.807, 2.05) is 13.0 Å². The molecule has 0 radical (unpaired) electrons. The van der Waals surface area contributed by atoms with Gasteiger partial charge in [0.1, 0.15) is 6.04 Å². The predicted octanol–water partition coefficient (Wildman–Crippen LogP) is 2.63. The van der Waals surface area contributed by atoms with E-state index in [0.717, 1.165) is 11.1 Å². The van der Waals surface area contributed by atoms with Crippen molar-refractivity contribution in [2.75, 3.05) is 4.90 Å². The number of fused-ring (bicyclic) bond motifs is 1. The quantitative estimate of drug-likeness (QED) is 0.878. The monoisotopic (exact) mass is 324 g/mol. The maximum atomic E-state index is 12.8. The van der Waals surface area contributed by atoms with Crippen LogP contribution in [0.25, 0.3) is 6.08 Å². The van der Waals surface area contributed by atoms with Crippen LogP contribution in [-0.2, 0) is 9.59 Å². The maximum absolute atomic E-state index is 12.8. The summed E-state index contributed by atoms with van der Waals surface area (Å²) < 4.78 is 5.72. The second-order valence-corrected chi connectivity index (χ2v) is 5.55. The normalized spacial score (nSPS) is 16.5. The number of pyridine rings is 1. The average molecular weight is 324 g/mol. The number of aromatic nitrogens is 1. The molecule has 1 aromatic carbocycles. The summed E-state index contributed by atoms with van der Waals surface area (Å²) in [7, 11) is 0. The molecule has 1 aliphatic heterocycles. The summed E-state index contributed by atoms with van der Waals surface area (Å²) in [4.78, 5) is 29.4. The molecular formula is C18H16N2O4. The second kappa shape index (κ2) is 6.16. The lowest BCUT2D eigenvalue weighted by atomic mass is 10.1. The highest BCUT2D eigenvalue weighted by Crippen LogP contribution is 2.37. The molecule has 1 aromatic heterocycles. The molecular weight excluding hydrogens is 308 g/mol. The minimum absolute atomic E-state index is 0.0747. The molecule has 1 atom stereocenters. The molecule has 1 aliphatic rings. The Bertz CT molecular complexity index is 830. The highest BCUT2D eigenvalue weighted by atomic mass is 16.5. The minimum atomic E-state index is -1.08. The summed E-state index contributed by atoms with van der Waals surface area (Å²) in [5, 5.41) is 9.36. The molecule has 2 aromatic rings. The number of hydrogen-bond acceptors (Lipinski definition) is 4. The lowest BCUT2D eigenvalue weighted by molar-refractivity contribution is -0.139. The lowest BCUT2D eigenvalue weighted by Gasteiger charge is -2.33. The number of aliphatic carboxylic acids is 1. The highest BCUT2D eigenvalue weighted by molar-refractivity contribution is 6.12. The fourth-order valence-electron chi connectivity index (χ4n) is 2.49. The van der Waals surface area contributed by atoms with E-state index in [9.17, 15) is 14.7 Å². The van der Waals surface area contributed by atoms with Crippen molar-refractivity contribution in [3.63, 3.8) is 0 Å². The van der Waals surface area contributed by atoms with Crippen LogP contribution >= 0.6 is 0 Å². The second-order valence-electron chi connectivity index (χ2n) is 5.55. The first-order chi connectivity index (χ1) is 11.5. The molecule has 1 unspecified atom stereocenters. The van der Waals surface area contributed by atoms with Crippen LogP contribution < -0.4 is 9.64 Å². The van der Waals surface area contributed by atoms with Crippen LogP contribution in [0.4, 0.5) is 5.69 Å². The fraction of sp³-hybridized carbons (Fsp3) is 0.167. The van der Waals surface area contributed by atoms with Gasteiger partial charge in [0.2, 0.25) is 0 Å². The van der Waals surface area contributed by atoms with E-state index in [2.05, 4.69) is 4.98 Å². The van der Waals surface area contributed by atoms with E-state index >= 15 is 0 Å². The van der Waals surface area contributed by atoms with Gasteiger partial charge in [0.25, 0.3) is 5.91 Å². The topological polar surface area (TPSA) is 79.7 Å². The number of carboxylic acid groups (broad SMARTS) is 1. The van der Waals surface area contributed by atoms with Crippen molar-refractivity contribution in [3.8, 4) is 5.75 Å². The maximum Gasteiger partial charge on any atom is 0.326 e. The molecule has 0 saturated carbocycles. The number of carboxylic acids is 1. The number of hydrogen-bond donors (Lipinski definition) is 1. The van der Waals surface area contributed by atoms with Gasteiger partial charge >= 0.3 is 5.97 Å². The highest BCUT2D eigenvalue weighted by Gasteiger charge is 2.36. The molecule has 0 aliphatic carbocycles. The number of benzene rings is 1. The van der Waals surface area contributed by atoms with Crippen LogP contribution in [0.15, 0.2) is 48.5 Å². The Balaban J connectivity index is 2.11. The molecule has 1 amide bonds. The van der Waals surface area contributed by atoms with Crippen LogP contribution in [0.2, 0.25) is 0 Å². The van der Waals surface area contributed by atoms with Gasteiger partial charge in [-0.15, -0.1) is 0 Å². The number of carbonyl (C=O) groups is 2. The largest absolute Gasteiger partial charge is 0.480 e. The van der Waals surface area contributed by atoms with Crippen molar-refractivity contribution in [2.45, 2.75) is 19.9 Å². The Morgan fingerprint density at radius 3 is 2.67 bits per heavy atom. The summed E-state index contributed by atoms with van der Waals surface area (Å²) >= 11 is 0. The number of amides is 1. The Hall–Kier alpha value is -3.15. The van der Waals surface area contributed by atoms with Crippen molar-refractivity contribution in [1.29, 1.82) is 0 Å². The van der Waals surface area contributed by atoms with Crippen LogP contribution in [0.1, 0.15) is 18.1 Å².